The van der Waals surface area contributed by atoms with E-state index in [1.54, 1.807) is 12.1 Å². The second-order valence-electron chi connectivity index (χ2n) is 5.21. The molecule has 0 aromatic heterocycles. The first-order valence-electron chi connectivity index (χ1n) is 7.04. The van der Waals surface area contributed by atoms with Crippen LogP contribution in [-0.2, 0) is 0 Å². The molecule has 0 heterocycles. The van der Waals surface area contributed by atoms with Gasteiger partial charge in [0.2, 0.25) is 0 Å². The molecule has 0 aliphatic heterocycles. The zero-order valence-corrected chi connectivity index (χ0v) is 14.2. The molecule has 3 nitrogen and oxygen atoms in total. The van der Waals surface area contributed by atoms with Crippen molar-refractivity contribution in [1.82, 2.24) is 4.90 Å². The highest BCUT2D eigenvalue weighted by molar-refractivity contribution is 6.36. The number of nitrogens with one attached hydrogen (secondary N) is 1. The molecule has 2 aromatic rings. The molecule has 0 fully saturated rings. The van der Waals surface area contributed by atoms with Crippen molar-refractivity contribution in [3.63, 3.8) is 0 Å². The Morgan fingerprint density at radius 1 is 1.09 bits per heavy atom. The van der Waals surface area contributed by atoms with Gasteiger partial charge in [-0.2, -0.15) is 5.10 Å². The summed E-state index contributed by atoms with van der Waals surface area (Å²) in [7, 11) is 4.10. The van der Waals surface area contributed by atoms with Crippen molar-refractivity contribution in [3.8, 4) is 0 Å². The molecule has 22 heavy (non-hydrogen) atoms. The monoisotopic (exact) mass is 335 g/mol. The third-order valence-corrected chi connectivity index (χ3v) is 3.69. The van der Waals surface area contributed by atoms with Crippen LogP contribution >= 0.6 is 23.2 Å². The molecule has 5 heteroatoms. The summed E-state index contributed by atoms with van der Waals surface area (Å²) in [6.07, 6.45) is 0.842. The van der Waals surface area contributed by atoms with Crippen molar-refractivity contribution >= 4 is 34.6 Å². The van der Waals surface area contributed by atoms with Gasteiger partial charge in [-0.1, -0.05) is 53.5 Å². The lowest BCUT2D eigenvalue weighted by Crippen LogP contribution is -2.18. The molecule has 0 atom stereocenters. The van der Waals surface area contributed by atoms with E-state index in [1.165, 1.54) is 0 Å². The topological polar surface area (TPSA) is 27.6 Å². The van der Waals surface area contributed by atoms with Crippen LogP contribution in [0, 0.1) is 0 Å². The van der Waals surface area contributed by atoms with Gasteiger partial charge < -0.3 is 4.90 Å². The van der Waals surface area contributed by atoms with Crippen molar-refractivity contribution in [2.45, 2.75) is 6.42 Å². The second-order valence-corrected chi connectivity index (χ2v) is 6.06. The van der Waals surface area contributed by atoms with Gasteiger partial charge in [0, 0.05) is 18.0 Å². The lowest BCUT2D eigenvalue weighted by molar-refractivity contribution is 0.422. The predicted molar refractivity (Wildman–Crippen MR) is 96.2 cm³/mol. The van der Waals surface area contributed by atoms with Crippen LogP contribution in [0.1, 0.15) is 12.0 Å². The number of anilines is 1. The summed E-state index contributed by atoms with van der Waals surface area (Å²) in [4.78, 5) is 2.13. The minimum Gasteiger partial charge on any atom is -0.309 e. The maximum Gasteiger partial charge on any atom is 0.0749 e. The Morgan fingerprint density at radius 2 is 1.82 bits per heavy atom. The van der Waals surface area contributed by atoms with Crippen LogP contribution in [0.4, 0.5) is 5.69 Å². The zero-order valence-electron chi connectivity index (χ0n) is 12.7. The number of hydrogen-bond donors (Lipinski definition) is 1. The van der Waals surface area contributed by atoms with Gasteiger partial charge in [0.1, 0.15) is 0 Å². The van der Waals surface area contributed by atoms with Gasteiger partial charge in [-0.3, -0.25) is 5.43 Å². The Bertz CT molecular complexity index is 640. The summed E-state index contributed by atoms with van der Waals surface area (Å²) in [6.45, 7) is 0.920. The number of rotatable bonds is 6. The Morgan fingerprint density at radius 3 is 2.45 bits per heavy atom. The quantitative estimate of drug-likeness (QED) is 0.608. The van der Waals surface area contributed by atoms with Gasteiger partial charge in [0.05, 0.1) is 16.4 Å². The van der Waals surface area contributed by atoms with Crippen molar-refractivity contribution in [3.05, 3.63) is 64.1 Å². The van der Waals surface area contributed by atoms with Crippen molar-refractivity contribution in [2.75, 3.05) is 26.1 Å². The summed E-state index contributed by atoms with van der Waals surface area (Å²) >= 11 is 12.1. The van der Waals surface area contributed by atoms with E-state index in [4.69, 9.17) is 23.2 Å². The molecule has 0 bridgehead atoms. The van der Waals surface area contributed by atoms with E-state index in [1.807, 2.05) is 38.4 Å². The van der Waals surface area contributed by atoms with Crippen molar-refractivity contribution in [1.29, 1.82) is 0 Å². The minimum atomic E-state index is 0.552. The van der Waals surface area contributed by atoms with Crippen LogP contribution in [0.2, 0.25) is 10.0 Å². The first-order valence-corrected chi connectivity index (χ1v) is 7.79. The molecule has 0 spiro atoms. The average molecular weight is 336 g/mol. The average Bonchev–Trinajstić information content (AvgIpc) is 2.49. The summed E-state index contributed by atoms with van der Waals surface area (Å²) < 4.78 is 0. The van der Waals surface area contributed by atoms with E-state index in [-0.39, 0.29) is 0 Å². The highest BCUT2D eigenvalue weighted by atomic mass is 35.5. The van der Waals surface area contributed by atoms with Crippen molar-refractivity contribution < 1.29 is 0 Å². The Hall–Kier alpha value is -1.55. The van der Waals surface area contributed by atoms with E-state index in [9.17, 15) is 0 Å². The van der Waals surface area contributed by atoms with Crippen molar-refractivity contribution in [2.24, 2.45) is 5.10 Å². The van der Waals surface area contributed by atoms with Gasteiger partial charge in [-0.05, 0) is 37.9 Å². The van der Waals surface area contributed by atoms with E-state index in [0.717, 1.165) is 29.9 Å². The molecular formula is C17H19Cl2N3. The molecule has 0 unspecified atom stereocenters. The number of nitrogens with zero attached hydrogens (tertiary/aromatic N) is 2. The van der Waals surface area contributed by atoms with E-state index >= 15 is 0 Å². The van der Waals surface area contributed by atoms with Gasteiger partial charge in [0.15, 0.2) is 0 Å². The lowest BCUT2D eigenvalue weighted by atomic mass is 10.1. The van der Waals surface area contributed by atoms with Crippen LogP contribution in [0.25, 0.3) is 0 Å². The number of benzene rings is 2. The van der Waals surface area contributed by atoms with Crippen LogP contribution in [0.3, 0.4) is 0 Å². The number of hydrogen-bond acceptors (Lipinski definition) is 3. The molecule has 0 aliphatic carbocycles. The molecule has 0 aliphatic rings. The molecule has 0 saturated carbocycles. The SMILES string of the molecule is CN(C)CC/C(=N\Nc1ccc(Cl)cc1Cl)c1ccccc1. The summed E-state index contributed by atoms with van der Waals surface area (Å²) in [5.74, 6) is 0. The summed E-state index contributed by atoms with van der Waals surface area (Å²) in [5.41, 5.74) is 5.87. The lowest BCUT2D eigenvalue weighted by Gasteiger charge is -2.12. The minimum absolute atomic E-state index is 0.552. The first-order chi connectivity index (χ1) is 10.6. The van der Waals surface area contributed by atoms with E-state index in [2.05, 4.69) is 27.6 Å². The molecule has 1 N–H and O–H groups in total. The fourth-order valence-corrected chi connectivity index (χ4v) is 2.38. The van der Waals surface area contributed by atoms with Gasteiger partial charge in [-0.25, -0.2) is 0 Å². The third kappa shape index (κ3) is 5.02. The maximum absolute atomic E-state index is 6.16. The highest BCUT2D eigenvalue weighted by Crippen LogP contribution is 2.25. The largest absolute Gasteiger partial charge is 0.309 e. The maximum atomic E-state index is 6.16. The van der Waals surface area contributed by atoms with Gasteiger partial charge >= 0.3 is 0 Å². The molecule has 2 aromatic carbocycles. The molecule has 0 saturated heterocycles. The third-order valence-electron chi connectivity index (χ3n) is 3.15. The van der Waals surface area contributed by atoms with Crippen LogP contribution in [0.15, 0.2) is 53.6 Å². The fraction of sp³-hybridized carbons (Fsp3) is 0.235. The Balaban J connectivity index is 2.20. The second kappa shape index (κ2) is 8.18. The normalized spacial score (nSPS) is 11.8. The molecule has 2 rings (SSSR count). The molecule has 0 amide bonds. The fourth-order valence-electron chi connectivity index (χ4n) is 1.93. The standard InChI is InChI=1S/C17H19Cl2N3/c1-22(2)11-10-16(13-6-4-3-5-7-13)20-21-17-9-8-14(18)12-15(17)19/h3-9,12,21H,10-11H2,1-2H3/b20-16+. The highest BCUT2D eigenvalue weighted by Gasteiger charge is 2.06. The molecule has 0 radical (unpaired) electrons. The summed E-state index contributed by atoms with van der Waals surface area (Å²) in [6, 6.07) is 15.4. The predicted octanol–water partition coefficient (Wildman–Crippen LogP) is 4.76. The molecule has 116 valence electrons. The van der Waals surface area contributed by atoms with E-state index in [0.29, 0.717) is 10.0 Å². The first kappa shape index (κ1) is 16.8. The van der Waals surface area contributed by atoms with E-state index < -0.39 is 0 Å². The number of halogens is 2. The Labute approximate surface area is 141 Å². The van der Waals surface area contributed by atoms with Crippen LogP contribution in [-0.4, -0.2) is 31.3 Å². The zero-order chi connectivity index (χ0) is 15.9. The van der Waals surface area contributed by atoms with Gasteiger partial charge in [0.25, 0.3) is 0 Å². The van der Waals surface area contributed by atoms with Crippen LogP contribution < -0.4 is 5.43 Å². The Kier molecular flexibility index (Phi) is 6.25. The summed E-state index contributed by atoms with van der Waals surface area (Å²) in [5, 5.41) is 5.70. The number of hydrazone groups is 1. The smallest absolute Gasteiger partial charge is 0.0749 e. The molecular weight excluding hydrogens is 317 g/mol. The van der Waals surface area contributed by atoms with Crippen LogP contribution in [0.5, 0.6) is 0 Å². The van der Waals surface area contributed by atoms with Gasteiger partial charge in [-0.15, -0.1) is 0 Å².